The topological polar surface area (TPSA) is 218 Å². The third-order valence-corrected chi connectivity index (χ3v) is 1.58. The molecule has 114 valence electrons. The fourth-order valence-corrected chi connectivity index (χ4v) is 1.01. The Hall–Kier alpha value is -1.08. The molecule has 0 aromatic rings. The van der Waals surface area contributed by atoms with Crippen LogP contribution in [0.1, 0.15) is 0 Å². The summed E-state index contributed by atoms with van der Waals surface area (Å²) in [6, 6.07) is 0. The molecule has 0 fully saturated rings. The van der Waals surface area contributed by atoms with Crippen LogP contribution < -0.4 is 37.3 Å². The summed E-state index contributed by atoms with van der Waals surface area (Å²) in [6.07, 6.45) is 0. The molecule has 0 aliphatic heterocycles. The van der Waals surface area contributed by atoms with E-state index < -0.39 is 31.0 Å². The van der Waals surface area contributed by atoms with Crippen LogP contribution in [0.3, 0.4) is 0 Å². The quantitative estimate of drug-likeness (QED) is 0.176. The molecule has 0 saturated carbocycles. The fraction of sp³-hybridized carbons (Fsp3) is 0.625. The van der Waals surface area contributed by atoms with Gasteiger partial charge in [0.2, 0.25) is 0 Å². The molecule has 0 amide bonds. The minimum Gasteiger partial charge on any atom is -1.00 e. The number of rotatable bonds is 9. The largest absolute Gasteiger partial charge is 4.00 e. The van der Waals surface area contributed by atoms with E-state index in [1.165, 1.54) is 0 Å². The van der Waals surface area contributed by atoms with Crippen molar-refractivity contribution in [3.05, 3.63) is 0 Å². The summed E-state index contributed by atoms with van der Waals surface area (Å²) in [5, 5.41) is 46.9. The Morgan fingerprint density at radius 3 is 1.60 bits per heavy atom. The molecule has 0 rings (SSSR count). The standard InChI is InChI=1S/C8H14N2O6.H3N.O2.Ti/c11-6(12)3-9-1-2-10(4-7(13)14)5-8(15)16;;1-2;/h9H,1-5H2,(H,11,12)(H,13,14)(H,15,16);1H3;;/q;;-2;+4/p-2. The van der Waals surface area contributed by atoms with Gasteiger partial charge >= 0.3 is 21.7 Å². The summed E-state index contributed by atoms with van der Waals surface area (Å²) >= 11 is 0. The van der Waals surface area contributed by atoms with Gasteiger partial charge in [-0.25, -0.2) is 0 Å². The third-order valence-electron chi connectivity index (χ3n) is 1.58. The molecule has 0 aliphatic carbocycles. The summed E-state index contributed by atoms with van der Waals surface area (Å²) in [4.78, 5) is 31.5. The van der Waals surface area contributed by atoms with Crippen LogP contribution in [0.15, 0.2) is 0 Å². The van der Waals surface area contributed by atoms with Crippen LogP contribution in [-0.4, -0.2) is 55.5 Å². The van der Waals surface area contributed by atoms with Crippen molar-refractivity contribution < 1.29 is 61.9 Å². The molecule has 5 N–H and O–H groups in total. The summed E-state index contributed by atoms with van der Waals surface area (Å²) < 4.78 is 0. The summed E-state index contributed by atoms with van der Waals surface area (Å²) in [6.45, 7) is -1.32. The van der Waals surface area contributed by atoms with E-state index in [0.717, 1.165) is 4.90 Å². The molecule has 0 spiro atoms. The SMILES string of the molecule is O=C([O-])CNCCN(CC(=O)[O-])CC(=O)[O-].[NH4+].[O-][O-].[Ti+4]. The van der Waals surface area contributed by atoms with Crippen molar-refractivity contribution in [2.24, 2.45) is 0 Å². The first-order valence-corrected chi connectivity index (χ1v) is 4.61. The van der Waals surface area contributed by atoms with E-state index in [4.69, 9.17) is 10.5 Å². The summed E-state index contributed by atoms with van der Waals surface area (Å²) in [5.74, 6) is -4.13. The van der Waals surface area contributed by atoms with Gasteiger partial charge in [-0.1, -0.05) is 0 Å². The van der Waals surface area contributed by atoms with Crippen molar-refractivity contribution in [3.63, 3.8) is 0 Å². The number of carbonyl (C=O) groups is 3. The molecule has 12 heteroatoms. The number of aliphatic carboxylic acids is 3. The Labute approximate surface area is 129 Å². The zero-order valence-corrected chi connectivity index (χ0v) is 12.3. The average Bonchev–Trinajstić information content (AvgIpc) is 2.25. The van der Waals surface area contributed by atoms with Crippen LogP contribution in [0.25, 0.3) is 0 Å². The maximum absolute atomic E-state index is 10.2. The van der Waals surface area contributed by atoms with Crippen LogP contribution in [0.2, 0.25) is 0 Å². The predicted molar refractivity (Wildman–Crippen MR) is 50.3 cm³/mol. The molecule has 0 saturated heterocycles. The fourth-order valence-electron chi connectivity index (χ4n) is 1.01. The number of carboxylic acids is 3. The van der Waals surface area contributed by atoms with Gasteiger partial charge in [0.15, 0.2) is 0 Å². The Kier molecular flexibility index (Phi) is 24.5. The third kappa shape index (κ3) is 22.1. The van der Waals surface area contributed by atoms with Gasteiger partial charge in [-0.15, -0.1) is 0 Å². The molecule has 0 aromatic carbocycles. The van der Waals surface area contributed by atoms with E-state index in [0.29, 0.717) is 0 Å². The van der Waals surface area contributed by atoms with Gasteiger partial charge in [-0.3, -0.25) is 4.90 Å². The van der Waals surface area contributed by atoms with E-state index >= 15 is 0 Å². The van der Waals surface area contributed by atoms with Crippen LogP contribution in [-0.2, 0) is 36.1 Å². The van der Waals surface area contributed by atoms with Crippen molar-refractivity contribution in [1.29, 1.82) is 0 Å². The maximum Gasteiger partial charge on any atom is 4.00 e. The molecule has 0 aliphatic rings. The molecule has 0 atom stereocenters. The van der Waals surface area contributed by atoms with E-state index in [9.17, 15) is 29.7 Å². The smallest absolute Gasteiger partial charge is 1.00 e. The minimum atomic E-state index is -1.42. The first-order valence-electron chi connectivity index (χ1n) is 4.61. The van der Waals surface area contributed by atoms with Gasteiger partial charge in [0.1, 0.15) is 0 Å². The normalized spacial score (nSPS) is 8.55. The van der Waals surface area contributed by atoms with E-state index in [1.54, 1.807) is 0 Å². The Bertz CT molecular complexity index is 262. The monoisotopic (exact) mass is 329 g/mol. The second-order valence-electron chi connectivity index (χ2n) is 3.00. The first-order chi connectivity index (χ1) is 8.41. The van der Waals surface area contributed by atoms with Crippen LogP contribution >= 0.6 is 0 Å². The molecule has 0 aromatic heterocycles. The molecule has 0 bridgehead atoms. The predicted octanol–water partition coefficient (Wildman–Crippen LogP) is -7.88. The second kappa shape index (κ2) is 17.9. The van der Waals surface area contributed by atoms with E-state index in [1.807, 2.05) is 0 Å². The van der Waals surface area contributed by atoms with Crippen molar-refractivity contribution in [1.82, 2.24) is 16.4 Å². The maximum atomic E-state index is 10.2. The number of hydrogen-bond donors (Lipinski definition) is 2. The molecular weight excluding hydrogens is 314 g/mol. The van der Waals surface area contributed by atoms with Gasteiger partial charge in [-0.05, 0) is 0 Å². The number of carbonyl (C=O) groups excluding carboxylic acids is 3. The Balaban J connectivity index is -0.000000304. The van der Waals surface area contributed by atoms with Crippen LogP contribution in [0, 0.1) is 0 Å². The molecule has 11 nitrogen and oxygen atoms in total. The second-order valence-corrected chi connectivity index (χ2v) is 3.00. The Morgan fingerprint density at radius 2 is 1.30 bits per heavy atom. The summed E-state index contributed by atoms with van der Waals surface area (Å²) in [7, 11) is 0. The van der Waals surface area contributed by atoms with Crippen molar-refractivity contribution in [2.45, 2.75) is 0 Å². The number of hydrogen-bond acceptors (Lipinski definition) is 10. The van der Waals surface area contributed by atoms with Gasteiger partial charge in [0.25, 0.3) is 0 Å². The molecular formula is C8H15N3O8Ti. The van der Waals surface area contributed by atoms with Crippen LogP contribution in [0.4, 0.5) is 0 Å². The van der Waals surface area contributed by atoms with Crippen molar-refractivity contribution in [3.8, 4) is 0 Å². The zero-order valence-electron chi connectivity index (χ0n) is 10.7. The van der Waals surface area contributed by atoms with E-state index in [-0.39, 0.29) is 47.5 Å². The zero-order chi connectivity index (χ0) is 14.6. The molecule has 0 radical (unpaired) electrons. The molecule has 0 unspecified atom stereocenters. The van der Waals surface area contributed by atoms with Crippen molar-refractivity contribution >= 4 is 17.9 Å². The first kappa shape index (κ1) is 27.3. The average molecular weight is 329 g/mol. The van der Waals surface area contributed by atoms with Crippen LogP contribution in [0.5, 0.6) is 0 Å². The number of carboxylic acid groups (broad SMARTS) is 3. The van der Waals surface area contributed by atoms with Gasteiger partial charge in [-0.2, -0.15) is 0 Å². The Morgan fingerprint density at radius 1 is 0.900 bits per heavy atom. The van der Waals surface area contributed by atoms with E-state index in [2.05, 4.69) is 5.32 Å². The number of quaternary nitrogens is 1. The number of nitrogens with zero attached hydrogens (tertiary/aromatic N) is 1. The van der Waals surface area contributed by atoms with Gasteiger partial charge in [0, 0.05) is 32.7 Å². The van der Waals surface area contributed by atoms with Crippen molar-refractivity contribution in [2.75, 3.05) is 32.7 Å². The summed E-state index contributed by atoms with van der Waals surface area (Å²) in [5.41, 5.74) is 0. The van der Waals surface area contributed by atoms with Gasteiger partial charge in [0.05, 0.1) is 17.9 Å². The molecule has 0 heterocycles. The van der Waals surface area contributed by atoms with Gasteiger partial charge < -0.3 is 51.7 Å². The number of nitrogens with one attached hydrogen (secondary N) is 1. The minimum absolute atomic E-state index is 0. The molecule has 20 heavy (non-hydrogen) atoms.